The standard InChI is InChI=1S/C23H46O4P2/c1-5-9-11-13-15-28-24-18-22(7-3,19-25-28)17-23(8-4)20-26-29(27-21-23)16-14-12-10-6-2/h5-21H2,1-4H3. The second-order valence-electron chi connectivity index (χ2n) is 9.21. The molecular formula is C23H46O4P2. The third-order valence-corrected chi connectivity index (χ3v) is 9.73. The van der Waals surface area contributed by atoms with Crippen LogP contribution >= 0.6 is 16.8 Å². The van der Waals surface area contributed by atoms with Crippen LogP contribution in [0.3, 0.4) is 0 Å². The Balaban J connectivity index is 1.78. The number of hydrogen-bond donors (Lipinski definition) is 0. The van der Waals surface area contributed by atoms with Gasteiger partial charge in [0, 0.05) is 23.2 Å². The van der Waals surface area contributed by atoms with Gasteiger partial charge in [0.1, 0.15) is 0 Å². The lowest BCUT2D eigenvalue weighted by molar-refractivity contribution is -0.0531. The summed E-state index contributed by atoms with van der Waals surface area (Å²) in [7, 11) is -1.35. The summed E-state index contributed by atoms with van der Waals surface area (Å²) in [4.78, 5) is 0. The summed E-state index contributed by atoms with van der Waals surface area (Å²) >= 11 is 0. The van der Waals surface area contributed by atoms with Crippen LogP contribution in [0.25, 0.3) is 0 Å². The maximum absolute atomic E-state index is 6.26. The Bertz CT molecular complexity index is 381. The van der Waals surface area contributed by atoms with E-state index in [1.807, 2.05) is 0 Å². The summed E-state index contributed by atoms with van der Waals surface area (Å²) in [6.07, 6.45) is 15.8. The van der Waals surface area contributed by atoms with Crippen molar-refractivity contribution >= 4 is 16.8 Å². The molecule has 172 valence electrons. The normalized spacial score (nSPS) is 33.1. The number of unbranched alkanes of at least 4 members (excludes halogenated alkanes) is 6. The van der Waals surface area contributed by atoms with Gasteiger partial charge in [-0.25, -0.2) is 0 Å². The summed E-state index contributed by atoms with van der Waals surface area (Å²) in [6.45, 7) is 12.5. The predicted octanol–water partition coefficient (Wildman–Crippen LogP) is 8.05. The van der Waals surface area contributed by atoms with Crippen molar-refractivity contribution in [3.05, 3.63) is 0 Å². The van der Waals surface area contributed by atoms with Crippen LogP contribution in [0.4, 0.5) is 0 Å². The Labute approximate surface area is 183 Å². The Morgan fingerprint density at radius 1 is 0.552 bits per heavy atom. The average molecular weight is 449 g/mol. The number of rotatable bonds is 14. The molecule has 0 spiro atoms. The largest absolute Gasteiger partial charge is 0.333 e. The first-order chi connectivity index (χ1) is 14.1. The van der Waals surface area contributed by atoms with Crippen molar-refractivity contribution in [2.45, 2.75) is 98.3 Å². The van der Waals surface area contributed by atoms with Crippen molar-refractivity contribution in [2.24, 2.45) is 10.8 Å². The van der Waals surface area contributed by atoms with E-state index in [-0.39, 0.29) is 10.8 Å². The highest BCUT2D eigenvalue weighted by molar-refractivity contribution is 7.47. The minimum atomic E-state index is -0.673. The van der Waals surface area contributed by atoms with E-state index in [1.54, 1.807) is 0 Å². The second kappa shape index (κ2) is 14.0. The molecule has 4 nitrogen and oxygen atoms in total. The van der Waals surface area contributed by atoms with E-state index in [0.29, 0.717) is 0 Å². The van der Waals surface area contributed by atoms with Crippen LogP contribution in [-0.4, -0.2) is 38.8 Å². The van der Waals surface area contributed by atoms with Crippen LogP contribution in [0.1, 0.15) is 98.3 Å². The molecule has 2 aliphatic rings. The van der Waals surface area contributed by atoms with Crippen LogP contribution in [0.2, 0.25) is 0 Å². The van der Waals surface area contributed by atoms with Gasteiger partial charge in [-0.3, -0.25) is 0 Å². The van der Waals surface area contributed by atoms with Gasteiger partial charge in [0.2, 0.25) is 0 Å². The van der Waals surface area contributed by atoms with Gasteiger partial charge in [-0.15, -0.1) is 0 Å². The molecule has 6 heteroatoms. The minimum Gasteiger partial charge on any atom is -0.333 e. The van der Waals surface area contributed by atoms with Crippen molar-refractivity contribution < 1.29 is 18.1 Å². The molecule has 0 aromatic rings. The van der Waals surface area contributed by atoms with Crippen molar-refractivity contribution in [3.63, 3.8) is 0 Å². The maximum Gasteiger partial charge on any atom is 0.170 e. The van der Waals surface area contributed by atoms with E-state index in [2.05, 4.69) is 27.7 Å². The summed E-state index contributed by atoms with van der Waals surface area (Å²) < 4.78 is 25.0. The van der Waals surface area contributed by atoms with Gasteiger partial charge in [-0.1, -0.05) is 66.2 Å². The lowest BCUT2D eigenvalue weighted by Crippen LogP contribution is -2.45. The zero-order valence-electron chi connectivity index (χ0n) is 19.5. The van der Waals surface area contributed by atoms with Crippen LogP contribution in [0, 0.1) is 10.8 Å². The molecule has 0 atom stereocenters. The Morgan fingerprint density at radius 2 is 0.931 bits per heavy atom. The van der Waals surface area contributed by atoms with E-state index in [9.17, 15) is 0 Å². The quantitative estimate of drug-likeness (QED) is 0.199. The Hall–Kier alpha value is 0.700. The second-order valence-corrected chi connectivity index (χ2v) is 12.5. The lowest BCUT2D eigenvalue weighted by Gasteiger charge is -2.47. The summed E-state index contributed by atoms with van der Waals surface area (Å²) in [5, 5.41) is 0. The molecule has 0 radical (unpaired) electrons. The molecule has 0 aromatic heterocycles. The van der Waals surface area contributed by atoms with E-state index in [4.69, 9.17) is 18.1 Å². The molecule has 29 heavy (non-hydrogen) atoms. The molecule has 0 aromatic carbocycles. The van der Waals surface area contributed by atoms with Gasteiger partial charge >= 0.3 is 0 Å². The van der Waals surface area contributed by atoms with Crippen molar-refractivity contribution in [1.82, 2.24) is 0 Å². The highest BCUT2D eigenvalue weighted by Gasteiger charge is 2.45. The van der Waals surface area contributed by atoms with E-state index >= 15 is 0 Å². The zero-order chi connectivity index (χ0) is 21.0. The van der Waals surface area contributed by atoms with Gasteiger partial charge in [0.05, 0.1) is 26.4 Å². The predicted molar refractivity (Wildman–Crippen MR) is 126 cm³/mol. The fraction of sp³-hybridized carbons (Fsp3) is 1.00. The van der Waals surface area contributed by atoms with Gasteiger partial charge in [0.25, 0.3) is 0 Å². The monoisotopic (exact) mass is 448 g/mol. The molecule has 0 unspecified atom stereocenters. The fourth-order valence-electron chi connectivity index (χ4n) is 4.25. The first kappa shape index (κ1) is 26.0. The lowest BCUT2D eigenvalue weighted by atomic mass is 9.69. The third kappa shape index (κ3) is 8.63. The zero-order valence-corrected chi connectivity index (χ0v) is 21.3. The smallest absolute Gasteiger partial charge is 0.170 e. The minimum absolute atomic E-state index is 0.117. The summed E-state index contributed by atoms with van der Waals surface area (Å²) in [6, 6.07) is 0. The van der Waals surface area contributed by atoms with E-state index < -0.39 is 16.8 Å². The van der Waals surface area contributed by atoms with Crippen LogP contribution in [-0.2, 0) is 18.1 Å². The molecule has 2 fully saturated rings. The molecule has 0 bridgehead atoms. The molecular weight excluding hydrogens is 402 g/mol. The number of hydrogen-bond acceptors (Lipinski definition) is 4. The average Bonchev–Trinajstić information content (AvgIpc) is 2.77. The fourth-order valence-corrected chi connectivity index (χ4v) is 7.55. The van der Waals surface area contributed by atoms with Crippen LogP contribution in [0.5, 0.6) is 0 Å². The third-order valence-electron chi connectivity index (χ3n) is 6.70. The van der Waals surface area contributed by atoms with Gasteiger partial charge in [-0.05, 0) is 32.1 Å². The molecule has 0 amide bonds. The summed E-state index contributed by atoms with van der Waals surface area (Å²) in [5.74, 6) is 0. The Kier molecular flexibility index (Phi) is 12.5. The van der Waals surface area contributed by atoms with Crippen molar-refractivity contribution in [3.8, 4) is 0 Å². The van der Waals surface area contributed by atoms with Crippen LogP contribution < -0.4 is 0 Å². The molecule has 2 saturated heterocycles. The molecule has 2 rings (SSSR count). The first-order valence-electron chi connectivity index (χ1n) is 12.2. The topological polar surface area (TPSA) is 36.9 Å². The molecule has 0 aliphatic carbocycles. The van der Waals surface area contributed by atoms with E-state index in [0.717, 1.165) is 58.0 Å². The van der Waals surface area contributed by atoms with Gasteiger partial charge in [-0.2, -0.15) is 0 Å². The molecule has 0 saturated carbocycles. The maximum atomic E-state index is 6.26. The highest BCUT2D eigenvalue weighted by atomic mass is 31.2. The summed E-state index contributed by atoms with van der Waals surface area (Å²) in [5.41, 5.74) is 0.235. The molecule has 0 N–H and O–H groups in total. The van der Waals surface area contributed by atoms with Crippen molar-refractivity contribution in [2.75, 3.05) is 38.8 Å². The SMILES string of the molecule is CCCCCCP1OCC(CC)(CC2(CC)COP(CCCCCC)OC2)CO1. The van der Waals surface area contributed by atoms with E-state index in [1.165, 1.54) is 51.4 Å². The van der Waals surface area contributed by atoms with Crippen molar-refractivity contribution in [1.29, 1.82) is 0 Å². The molecule has 2 heterocycles. The molecule has 2 aliphatic heterocycles. The van der Waals surface area contributed by atoms with Gasteiger partial charge in [0.15, 0.2) is 16.8 Å². The highest BCUT2D eigenvalue weighted by Crippen LogP contribution is 2.55. The van der Waals surface area contributed by atoms with Crippen LogP contribution in [0.15, 0.2) is 0 Å². The first-order valence-corrected chi connectivity index (χ1v) is 14.9. The Morgan fingerprint density at radius 3 is 1.24 bits per heavy atom. The van der Waals surface area contributed by atoms with Gasteiger partial charge < -0.3 is 18.1 Å².